The highest BCUT2D eigenvalue weighted by Crippen LogP contribution is 2.23. The van der Waals surface area contributed by atoms with E-state index in [1.54, 1.807) is 24.1 Å². The Bertz CT molecular complexity index is 1100. The van der Waals surface area contributed by atoms with Crippen molar-refractivity contribution in [2.45, 2.75) is 24.9 Å². The molecule has 2 heterocycles. The van der Waals surface area contributed by atoms with Crippen LogP contribution in [-0.2, 0) is 22.9 Å². The Morgan fingerprint density at radius 2 is 2.04 bits per heavy atom. The van der Waals surface area contributed by atoms with Crippen molar-refractivity contribution >= 4 is 26.8 Å². The van der Waals surface area contributed by atoms with Crippen molar-refractivity contribution in [2.24, 2.45) is 0 Å². The van der Waals surface area contributed by atoms with Crippen LogP contribution in [0.25, 0.3) is 11.1 Å². The third-order valence-corrected chi connectivity index (χ3v) is 6.08. The van der Waals surface area contributed by atoms with Gasteiger partial charge in [-0.1, -0.05) is 25.1 Å². The van der Waals surface area contributed by atoms with Crippen molar-refractivity contribution < 1.29 is 17.6 Å². The standard InChI is InChI=1S/C18H17N3O4S/c1-2-26(23,24)13-7-8-16-15(9-13)19-17(25-16)11-21-10-12-5-3-4-6-14(12)18(22)20-21/h3-9H,2,10-11H2,1H3,(H,20,22). The van der Waals surface area contributed by atoms with Gasteiger partial charge in [0.25, 0.3) is 5.91 Å². The largest absolute Gasteiger partial charge is 0.439 e. The minimum atomic E-state index is -3.30. The number of nitrogens with one attached hydrogen (secondary N) is 1. The van der Waals surface area contributed by atoms with Gasteiger partial charge in [-0.05, 0) is 29.8 Å². The number of hydrazine groups is 1. The molecule has 0 atom stereocenters. The van der Waals surface area contributed by atoms with E-state index >= 15 is 0 Å². The topological polar surface area (TPSA) is 92.5 Å². The Labute approximate surface area is 150 Å². The molecular formula is C18H17N3O4S. The van der Waals surface area contributed by atoms with Crippen molar-refractivity contribution in [3.63, 3.8) is 0 Å². The van der Waals surface area contributed by atoms with Crippen LogP contribution >= 0.6 is 0 Å². The molecule has 7 nitrogen and oxygen atoms in total. The van der Waals surface area contributed by atoms with Crippen LogP contribution in [0.4, 0.5) is 0 Å². The first-order valence-electron chi connectivity index (χ1n) is 8.22. The van der Waals surface area contributed by atoms with Gasteiger partial charge in [-0.2, -0.15) is 0 Å². The summed E-state index contributed by atoms with van der Waals surface area (Å²) < 4.78 is 29.7. The van der Waals surface area contributed by atoms with Crippen LogP contribution in [0.5, 0.6) is 0 Å². The number of nitrogens with zero attached hydrogens (tertiary/aromatic N) is 2. The lowest BCUT2D eigenvalue weighted by Gasteiger charge is -2.27. The summed E-state index contributed by atoms with van der Waals surface area (Å²) in [5.41, 5.74) is 5.40. The molecule has 2 aromatic carbocycles. The van der Waals surface area contributed by atoms with Gasteiger partial charge in [0, 0.05) is 12.1 Å². The number of fused-ring (bicyclic) bond motifs is 2. The summed E-state index contributed by atoms with van der Waals surface area (Å²) in [6, 6.07) is 12.1. The summed E-state index contributed by atoms with van der Waals surface area (Å²) in [5.74, 6) is 0.271. The third kappa shape index (κ3) is 2.97. The molecule has 26 heavy (non-hydrogen) atoms. The highest BCUT2D eigenvalue weighted by molar-refractivity contribution is 7.91. The molecule has 0 aliphatic carbocycles. The Morgan fingerprint density at radius 3 is 2.85 bits per heavy atom. The highest BCUT2D eigenvalue weighted by Gasteiger charge is 2.23. The van der Waals surface area contributed by atoms with E-state index in [0.717, 1.165) is 5.56 Å². The van der Waals surface area contributed by atoms with Crippen LogP contribution in [-0.4, -0.2) is 30.1 Å². The van der Waals surface area contributed by atoms with E-state index in [1.807, 2.05) is 18.2 Å². The molecule has 0 saturated carbocycles. The molecule has 1 aliphatic rings. The number of carbonyl (C=O) groups excluding carboxylic acids is 1. The smallest absolute Gasteiger partial charge is 0.265 e. The van der Waals surface area contributed by atoms with Gasteiger partial charge in [-0.3, -0.25) is 10.2 Å². The number of hydrogen-bond acceptors (Lipinski definition) is 6. The summed E-state index contributed by atoms with van der Waals surface area (Å²) in [6.45, 7) is 2.42. The molecule has 1 N–H and O–H groups in total. The molecular weight excluding hydrogens is 354 g/mol. The van der Waals surface area contributed by atoms with Crippen LogP contribution in [0.1, 0.15) is 28.7 Å². The predicted molar refractivity (Wildman–Crippen MR) is 94.9 cm³/mol. The molecule has 0 fully saturated rings. The fourth-order valence-corrected chi connectivity index (χ4v) is 3.87. The fraction of sp³-hybridized carbons (Fsp3) is 0.222. The first-order valence-corrected chi connectivity index (χ1v) is 9.87. The van der Waals surface area contributed by atoms with Crippen molar-refractivity contribution in [2.75, 3.05) is 5.75 Å². The lowest BCUT2D eigenvalue weighted by molar-refractivity contribution is 0.0697. The van der Waals surface area contributed by atoms with Crippen molar-refractivity contribution in [3.8, 4) is 0 Å². The zero-order valence-corrected chi connectivity index (χ0v) is 14.9. The molecule has 0 radical (unpaired) electrons. The summed E-state index contributed by atoms with van der Waals surface area (Å²) in [5, 5.41) is 1.72. The fourth-order valence-electron chi connectivity index (χ4n) is 2.97. The number of benzene rings is 2. The van der Waals surface area contributed by atoms with Crippen LogP contribution in [0.15, 0.2) is 51.8 Å². The average Bonchev–Trinajstić information content (AvgIpc) is 3.03. The van der Waals surface area contributed by atoms with E-state index in [9.17, 15) is 13.2 Å². The Morgan fingerprint density at radius 1 is 1.23 bits per heavy atom. The summed E-state index contributed by atoms with van der Waals surface area (Å²) in [6.07, 6.45) is 0. The quantitative estimate of drug-likeness (QED) is 0.756. The number of rotatable bonds is 4. The van der Waals surface area contributed by atoms with Gasteiger partial charge in [0.05, 0.1) is 17.2 Å². The van der Waals surface area contributed by atoms with Gasteiger partial charge in [0.2, 0.25) is 5.89 Å². The predicted octanol–water partition coefficient (Wildman–Crippen LogP) is 2.28. The zero-order chi connectivity index (χ0) is 18.3. The first-order chi connectivity index (χ1) is 12.5. The normalized spacial score (nSPS) is 15.0. The second kappa shape index (κ2) is 6.22. The summed E-state index contributed by atoms with van der Waals surface area (Å²) in [4.78, 5) is 16.8. The number of sulfone groups is 1. The molecule has 0 unspecified atom stereocenters. The molecule has 8 heteroatoms. The van der Waals surface area contributed by atoms with E-state index in [0.29, 0.717) is 29.1 Å². The van der Waals surface area contributed by atoms with E-state index < -0.39 is 9.84 Å². The zero-order valence-electron chi connectivity index (χ0n) is 14.1. The molecule has 0 saturated heterocycles. The maximum absolute atomic E-state index is 12.2. The molecule has 0 bridgehead atoms. The van der Waals surface area contributed by atoms with Gasteiger partial charge in [0.15, 0.2) is 15.4 Å². The molecule has 134 valence electrons. The van der Waals surface area contributed by atoms with Gasteiger partial charge in [-0.25, -0.2) is 18.4 Å². The third-order valence-electron chi connectivity index (χ3n) is 4.35. The van der Waals surface area contributed by atoms with E-state index in [2.05, 4.69) is 10.4 Å². The van der Waals surface area contributed by atoms with Crippen molar-refractivity contribution in [1.29, 1.82) is 0 Å². The molecule has 4 rings (SSSR count). The summed E-state index contributed by atoms with van der Waals surface area (Å²) >= 11 is 0. The first kappa shape index (κ1) is 16.7. The van der Waals surface area contributed by atoms with Crippen LogP contribution in [0.3, 0.4) is 0 Å². The number of aromatic nitrogens is 1. The minimum absolute atomic E-state index is 0.0302. The van der Waals surface area contributed by atoms with Gasteiger partial charge < -0.3 is 4.42 Å². The Kier molecular flexibility index (Phi) is 4.01. The monoisotopic (exact) mass is 371 g/mol. The second-order valence-corrected chi connectivity index (χ2v) is 8.37. The van der Waals surface area contributed by atoms with E-state index in [1.165, 1.54) is 12.1 Å². The van der Waals surface area contributed by atoms with Crippen molar-refractivity contribution in [1.82, 2.24) is 15.4 Å². The van der Waals surface area contributed by atoms with Crippen LogP contribution < -0.4 is 5.43 Å². The summed E-state index contributed by atoms with van der Waals surface area (Å²) in [7, 11) is -3.30. The van der Waals surface area contributed by atoms with E-state index in [-0.39, 0.29) is 23.1 Å². The number of oxazole rings is 1. The minimum Gasteiger partial charge on any atom is -0.439 e. The Balaban J connectivity index is 1.59. The van der Waals surface area contributed by atoms with Crippen molar-refractivity contribution in [3.05, 3.63) is 59.5 Å². The SMILES string of the molecule is CCS(=O)(=O)c1ccc2oc(CN3Cc4ccccc4C(=O)N3)nc2c1. The van der Waals surface area contributed by atoms with Crippen LogP contribution in [0.2, 0.25) is 0 Å². The second-order valence-electron chi connectivity index (χ2n) is 6.09. The van der Waals surface area contributed by atoms with E-state index in [4.69, 9.17) is 4.42 Å². The number of carbonyl (C=O) groups is 1. The molecule has 0 spiro atoms. The highest BCUT2D eigenvalue weighted by atomic mass is 32.2. The maximum Gasteiger partial charge on any atom is 0.265 e. The lowest BCUT2D eigenvalue weighted by atomic mass is 10.1. The van der Waals surface area contributed by atoms with Crippen LogP contribution in [0, 0.1) is 0 Å². The van der Waals surface area contributed by atoms with Gasteiger partial charge in [-0.15, -0.1) is 0 Å². The average molecular weight is 371 g/mol. The molecule has 1 aromatic heterocycles. The lowest BCUT2D eigenvalue weighted by Crippen LogP contribution is -2.45. The van der Waals surface area contributed by atoms with Gasteiger partial charge >= 0.3 is 0 Å². The molecule has 1 amide bonds. The molecule has 1 aliphatic heterocycles. The number of hydrogen-bond donors (Lipinski definition) is 1. The van der Waals surface area contributed by atoms with Gasteiger partial charge in [0.1, 0.15) is 5.52 Å². The molecule has 3 aromatic rings. The number of amides is 1. The maximum atomic E-state index is 12.2. The Hall–Kier alpha value is -2.71.